The number of carbonyl (C=O) groups excluding carboxylic acids is 1. The van der Waals surface area contributed by atoms with Crippen molar-refractivity contribution in [3.05, 3.63) is 57.1 Å². The standard InChI is InChI=1S/C21H17FN2O5/c1-3-21(27)13-6-16-18-11(8-24(16)19(25)12(13)9-29-20(21)26)4-10-5-17(28-2)14(22)7-15(10)23-18/h4-7,27H,3,8-9H2,1-2H3. The largest absolute Gasteiger partial charge is 0.494 e. The molecule has 2 aliphatic heterocycles. The molecule has 1 atom stereocenters. The highest BCUT2D eigenvalue weighted by Gasteiger charge is 2.45. The summed E-state index contributed by atoms with van der Waals surface area (Å²) >= 11 is 0. The van der Waals surface area contributed by atoms with E-state index < -0.39 is 17.4 Å². The van der Waals surface area contributed by atoms with Gasteiger partial charge in [-0.1, -0.05) is 6.92 Å². The van der Waals surface area contributed by atoms with Gasteiger partial charge in [0.05, 0.1) is 36.1 Å². The van der Waals surface area contributed by atoms with Gasteiger partial charge in [0.2, 0.25) is 0 Å². The predicted octanol–water partition coefficient (Wildman–Crippen LogP) is 2.23. The molecule has 0 fully saturated rings. The van der Waals surface area contributed by atoms with Gasteiger partial charge in [-0.2, -0.15) is 0 Å². The smallest absolute Gasteiger partial charge is 0.343 e. The summed E-state index contributed by atoms with van der Waals surface area (Å²) in [5.74, 6) is -1.18. The Bertz CT molecular complexity index is 1280. The number of methoxy groups -OCH3 is 1. The molecule has 0 bridgehead atoms. The molecule has 4 heterocycles. The van der Waals surface area contributed by atoms with Crippen LogP contribution in [0.1, 0.15) is 30.0 Å². The molecule has 0 saturated carbocycles. The minimum atomic E-state index is -1.87. The van der Waals surface area contributed by atoms with Crippen LogP contribution in [0.2, 0.25) is 0 Å². The Kier molecular flexibility index (Phi) is 3.61. The molecule has 8 heteroatoms. The highest BCUT2D eigenvalue weighted by Crippen LogP contribution is 2.39. The van der Waals surface area contributed by atoms with Crippen LogP contribution in [0.15, 0.2) is 29.1 Å². The van der Waals surface area contributed by atoms with E-state index in [1.807, 2.05) is 6.07 Å². The second kappa shape index (κ2) is 5.87. The monoisotopic (exact) mass is 396 g/mol. The number of halogens is 1. The number of nitrogens with zero attached hydrogens (tertiary/aromatic N) is 2. The fraction of sp³-hybridized carbons (Fsp3) is 0.286. The van der Waals surface area contributed by atoms with E-state index in [2.05, 4.69) is 4.98 Å². The third-order valence-electron chi connectivity index (χ3n) is 5.78. The molecule has 0 aliphatic carbocycles. The zero-order valence-corrected chi connectivity index (χ0v) is 15.8. The molecule has 2 aromatic heterocycles. The molecule has 7 nitrogen and oxygen atoms in total. The van der Waals surface area contributed by atoms with Gasteiger partial charge in [-0.25, -0.2) is 14.2 Å². The molecule has 1 aromatic carbocycles. The molecule has 0 spiro atoms. The predicted molar refractivity (Wildman–Crippen MR) is 101 cm³/mol. The fourth-order valence-corrected chi connectivity index (χ4v) is 4.14. The molecule has 0 amide bonds. The highest BCUT2D eigenvalue weighted by atomic mass is 19.1. The lowest BCUT2D eigenvalue weighted by Gasteiger charge is -2.31. The Morgan fingerprint density at radius 3 is 2.83 bits per heavy atom. The van der Waals surface area contributed by atoms with Gasteiger partial charge in [0, 0.05) is 22.6 Å². The van der Waals surface area contributed by atoms with Gasteiger partial charge in [0.15, 0.2) is 17.2 Å². The molecule has 0 saturated heterocycles. The molecular formula is C21H17FN2O5. The molecule has 0 radical (unpaired) electrons. The van der Waals surface area contributed by atoms with Crippen LogP contribution in [0.5, 0.6) is 5.75 Å². The van der Waals surface area contributed by atoms with E-state index in [4.69, 9.17) is 9.47 Å². The van der Waals surface area contributed by atoms with Gasteiger partial charge in [0.1, 0.15) is 6.61 Å². The number of esters is 1. The van der Waals surface area contributed by atoms with Crippen LogP contribution in [0, 0.1) is 5.82 Å². The van der Waals surface area contributed by atoms with Crippen LogP contribution in [0.25, 0.3) is 22.3 Å². The molecule has 2 aliphatic rings. The molecule has 3 aromatic rings. The van der Waals surface area contributed by atoms with E-state index >= 15 is 0 Å². The lowest BCUT2D eigenvalue weighted by molar-refractivity contribution is -0.172. The van der Waals surface area contributed by atoms with E-state index in [-0.39, 0.29) is 42.0 Å². The van der Waals surface area contributed by atoms with Crippen molar-refractivity contribution in [1.82, 2.24) is 9.55 Å². The minimum Gasteiger partial charge on any atom is -0.494 e. The van der Waals surface area contributed by atoms with Gasteiger partial charge in [0.25, 0.3) is 5.56 Å². The number of carbonyl (C=O) groups is 1. The first-order valence-corrected chi connectivity index (χ1v) is 9.21. The summed E-state index contributed by atoms with van der Waals surface area (Å²) in [6, 6.07) is 6.33. The average molecular weight is 396 g/mol. The highest BCUT2D eigenvalue weighted by molar-refractivity contribution is 5.87. The van der Waals surface area contributed by atoms with Crippen molar-refractivity contribution < 1.29 is 23.8 Å². The SMILES string of the molecule is CCC1(O)C(=O)OCc2c1cc1n(c2=O)Cc2cc3cc(OC)c(F)cc3nc2-1. The van der Waals surface area contributed by atoms with Gasteiger partial charge < -0.3 is 19.1 Å². The summed E-state index contributed by atoms with van der Waals surface area (Å²) in [5.41, 5.74) is 0.543. The van der Waals surface area contributed by atoms with Gasteiger partial charge in [-0.15, -0.1) is 0 Å². The third-order valence-corrected chi connectivity index (χ3v) is 5.78. The van der Waals surface area contributed by atoms with E-state index in [9.17, 15) is 19.1 Å². The third kappa shape index (κ3) is 2.29. The molecule has 1 unspecified atom stereocenters. The number of hydrogen-bond donors (Lipinski definition) is 1. The number of pyridine rings is 2. The van der Waals surface area contributed by atoms with Crippen molar-refractivity contribution in [3.8, 4) is 17.1 Å². The van der Waals surface area contributed by atoms with E-state index in [1.54, 1.807) is 19.1 Å². The fourth-order valence-electron chi connectivity index (χ4n) is 4.14. The molecular weight excluding hydrogens is 379 g/mol. The zero-order chi connectivity index (χ0) is 20.5. The Labute approximate surface area is 164 Å². The Morgan fingerprint density at radius 2 is 2.10 bits per heavy atom. The Morgan fingerprint density at radius 1 is 1.31 bits per heavy atom. The van der Waals surface area contributed by atoms with Crippen LogP contribution in [0.3, 0.4) is 0 Å². The van der Waals surface area contributed by atoms with Gasteiger partial charge in [-0.3, -0.25) is 4.79 Å². The first kappa shape index (κ1) is 17.8. The van der Waals surface area contributed by atoms with Crippen molar-refractivity contribution in [1.29, 1.82) is 0 Å². The number of aliphatic hydroxyl groups is 1. The Balaban J connectivity index is 1.77. The second-order valence-electron chi connectivity index (χ2n) is 7.28. The number of aromatic nitrogens is 2. The zero-order valence-electron chi connectivity index (χ0n) is 15.8. The normalized spacial score (nSPS) is 19.5. The number of benzene rings is 1. The van der Waals surface area contributed by atoms with E-state index in [0.717, 1.165) is 5.56 Å². The van der Waals surface area contributed by atoms with Crippen molar-refractivity contribution in [2.24, 2.45) is 0 Å². The summed E-state index contributed by atoms with van der Waals surface area (Å²) in [6.45, 7) is 1.76. The molecule has 29 heavy (non-hydrogen) atoms. The topological polar surface area (TPSA) is 90.7 Å². The number of fused-ring (bicyclic) bond motifs is 5. The van der Waals surface area contributed by atoms with E-state index in [0.29, 0.717) is 22.3 Å². The first-order chi connectivity index (χ1) is 13.9. The summed E-state index contributed by atoms with van der Waals surface area (Å²) in [4.78, 5) is 29.8. The van der Waals surface area contributed by atoms with Gasteiger partial charge in [-0.05, 0) is 24.6 Å². The summed E-state index contributed by atoms with van der Waals surface area (Å²) in [5, 5.41) is 11.6. The second-order valence-corrected chi connectivity index (χ2v) is 7.28. The quantitative estimate of drug-likeness (QED) is 0.523. The van der Waals surface area contributed by atoms with Crippen molar-refractivity contribution >= 4 is 16.9 Å². The minimum absolute atomic E-state index is 0.0741. The maximum Gasteiger partial charge on any atom is 0.343 e. The van der Waals surface area contributed by atoms with Crippen molar-refractivity contribution in [2.75, 3.05) is 7.11 Å². The van der Waals surface area contributed by atoms with Crippen LogP contribution in [-0.2, 0) is 28.3 Å². The van der Waals surface area contributed by atoms with Crippen LogP contribution >= 0.6 is 0 Å². The summed E-state index contributed by atoms with van der Waals surface area (Å²) in [6.07, 6.45) is 0.0741. The number of cyclic esters (lactones) is 1. The molecule has 1 N–H and O–H groups in total. The lowest BCUT2D eigenvalue weighted by atomic mass is 9.86. The first-order valence-electron chi connectivity index (χ1n) is 9.21. The summed E-state index contributed by atoms with van der Waals surface area (Å²) in [7, 11) is 1.39. The molecule has 148 valence electrons. The van der Waals surface area contributed by atoms with E-state index in [1.165, 1.54) is 17.7 Å². The maximum atomic E-state index is 14.1. The van der Waals surface area contributed by atoms with Crippen LogP contribution in [0.4, 0.5) is 4.39 Å². The van der Waals surface area contributed by atoms with Crippen LogP contribution in [-0.4, -0.2) is 27.7 Å². The average Bonchev–Trinajstić information content (AvgIpc) is 3.07. The molecule has 5 rings (SSSR count). The number of hydrogen-bond acceptors (Lipinski definition) is 6. The Hall–Kier alpha value is -3.26. The number of ether oxygens (including phenoxy) is 2. The van der Waals surface area contributed by atoms with Crippen molar-refractivity contribution in [2.45, 2.75) is 32.1 Å². The lowest BCUT2D eigenvalue weighted by Crippen LogP contribution is -2.44. The number of rotatable bonds is 2. The van der Waals surface area contributed by atoms with Gasteiger partial charge >= 0.3 is 5.97 Å². The summed E-state index contributed by atoms with van der Waals surface area (Å²) < 4.78 is 25.8. The van der Waals surface area contributed by atoms with Crippen molar-refractivity contribution in [3.63, 3.8) is 0 Å². The maximum absolute atomic E-state index is 14.1. The van der Waals surface area contributed by atoms with Crippen LogP contribution < -0.4 is 10.3 Å².